The molecule has 25 heavy (non-hydrogen) atoms. The summed E-state index contributed by atoms with van der Waals surface area (Å²) in [4.78, 5) is 11.9. The SMILES string of the molecule is O=C(NCc1nnc2n1CCC2)N[C@@H](c1ccc(F)cc1)C(F)(F)F. The summed E-state index contributed by atoms with van der Waals surface area (Å²) < 4.78 is 54.3. The zero-order chi connectivity index (χ0) is 18.0. The van der Waals surface area contributed by atoms with Crippen molar-refractivity contribution >= 4 is 6.03 Å². The highest BCUT2D eigenvalue weighted by atomic mass is 19.4. The second-order valence-corrected chi connectivity index (χ2v) is 5.64. The molecule has 0 radical (unpaired) electrons. The summed E-state index contributed by atoms with van der Waals surface area (Å²) in [5.74, 6) is 0.638. The first kappa shape index (κ1) is 17.2. The molecule has 2 heterocycles. The van der Waals surface area contributed by atoms with E-state index in [4.69, 9.17) is 0 Å². The van der Waals surface area contributed by atoms with Crippen LogP contribution in [-0.2, 0) is 19.5 Å². The number of benzene rings is 1. The van der Waals surface area contributed by atoms with Crippen LogP contribution >= 0.6 is 0 Å². The minimum absolute atomic E-state index is 0.0349. The van der Waals surface area contributed by atoms with Crippen molar-refractivity contribution in [1.82, 2.24) is 25.4 Å². The van der Waals surface area contributed by atoms with Gasteiger partial charge in [-0.25, -0.2) is 9.18 Å². The van der Waals surface area contributed by atoms with E-state index >= 15 is 0 Å². The van der Waals surface area contributed by atoms with Crippen LogP contribution < -0.4 is 10.6 Å². The molecular formula is C15H15F4N5O. The van der Waals surface area contributed by atoms with Crippen molar-refractivity contribution in [3.8, 4) is 0 Å². The summed E-state index contributed by atoms with van der Waals surface area (Å²) in [7, 11) is 0. The van der Waals surface area contributed by atoms with E-state index in [2.05, 4.69) is 15.5 Å². The molecule has 0 spiro atoms. The highest BCUT2D eigenvalue weighted by Crippen LogP contribution is 2.32. The first-order valence-corrected chi connectivity index (χ1v) is 7.62. The minimum Gasteiger partial charge on any atom is -0.331 e. The van der Waals surface area contributed by atoms with E-state index in [1.807, 2.05) is 9.88 Å². The van der Waals surface area contributed by atoms with Crippen LogP contribution in [0.15, 0.2) is 24.3 Å². The monoisotopic (exact) mass is 357 g/mol. The molecule has 10 heteroatoms. The number of urea groups is 1. The van der Waals surface area contributed by atoms with Gasteiger partial charge in [-0.3, -0.25) is 0 Å². The van der Waals surface area contributed by atoms with Gasteiger partial charge in [-0.2, -0.15) is 13.2 Å². The van der Waals surface area contributed by atoms with Crippen LogP contribution in [0, 0.1) is 5.82 Å². The van der Waals surface area contributed by atoms with Gasteiger partial charge >= 0.3 is 12.2 Å². The second kappa shape index (κ2) is 6.69. The lowest BCUT2D eigenvalue weighted by Gasteiger charge is -2.22. The second-order valence-electron chi connectivity index (χ2n) is 5.64. The maximum Gasteiger partial charge on any atom is 0.412 e. The lowest BCUT2D eigenvalue weighted by atomic mass is 10.1. The number of amides is 2. The molecule has 134 valence electrons. The van der Waals surface area contributed by atoms with Gasteiger partial charge < -0.3 is 15.2 Å². The summed E-state index contributed by atoms with van der Waals surface area (Å²) in [5, 5.41) is 12.1. The van der Waals surface area contributed by atoms with Crippen LogP contribution in [0.5, 0.6) is 0 Å². The van der Waals surface area contributed by atoms with Crippen LogP contribution in [-0.4, -0.2) is 27.0 Å². The van der Waals surface area contributed by atoms with Crippen LogP contribution in [0.3, 0.4) is 0 Å². The summed E-state index contributed by atoms with van der Waals surface area (Å²) in [6.07, 6.45) is -3.00. The fourth-order valence-corrected chi connectivity index (χ4v) is 2.69. The Kier molecular flexibility index (Phi) is 4.60. The van der Waals surface area contributed by atoms with Crippen LogP contribution in [0.25, 0.3) is 0 Å². The Balaban J connectivity index is 1.65. The third kappa shape index (κ3) is 3.89. The summed E-state index contributed by atoms with van der Waals surface area (Å²) in [6, 6.07) is 0.553. The average Bonchev–Trinajstić information content (AvgIpc) is 3.14. The van der Waals surface area contributed by atoms with Crippen molar-refractivity contribution in [2.45, 2.75) is 38.1 Å². The number of fused-ring (bicyclic) bond motifs is 1. The molecule has 0 unspecified atom stereocenters. The number of alkyl halides is 3. The van der Waals surface area contributed by atoms with Gasteiger partial charge in [-0.1, -0.05) is 12.1 Å². The zero-order valence-electron chi connectivity index (χ0n) is 13.0. The van der Waals surface area contributed by atoms with Crippen molar-refractivity contribution < 1.29 is 22.4 Å². The molecule has 0 fully saturated rings. The van der Waals surface area contributed by atoms with Gasteiger partial charge in [-0.05, 0) is 24.1 Å². The number of carbonyl (C=O) groups excluding carboxylic acids is 1. The van der Waals surface area contributed by atoms with Crippen LogP contribution in [0.4, 0.5) is 22.4 Å². The number of hydrogen-bond donors (Lipinski definition) is 2. The number of halogens is 4. The molecule has 0 aliphatic carbocycles. The highest BCUT2D eigenvalue weighted by Gasteiger charge is 2.42. The highest BCUT2D eigenvalue weighted by molar-refractivity contribution is 5.74. The van der Waals surface area contributed by atoms with Gasteiger partial charge in [0.2, 0.25) is 0 Å². The van der Waals surface area contributed by atoms with Gasteiger partial charge in [0.15, 0.2) is 11.9 Å². The normalized spacial score (nSPS) is 14.9. The number of rotatable bonds is 4. The van der Waals surface area contributed by atoms with Crippen LogP contribution in [0.1, 0.15) is 29.7 Å². The largest absolute Gasteiger partial charge is 0.412 e. The Labute approximate surface area is 140 Å². The zero-order valence-corrected chi connectivity index (χ0v) is 13.0. The van der Waals surface area contributed by atoms with E-state index < -0.39 is 24.1 Å². The minimum atomic E-state index is -4.72. The van der Waals surface area contributed by atoms with Crippen molar-refractivity contribution in [1.29, 1.82) is 0 Å². The van der Waals surface area contributed by atoms with E-state index in [-0.39, 0.29) is 12.1 Å². The first-order valence-electron chi connectivity index (χ1n) is 7.62. The standard InChI is InChI=1S/C15H15F4N5O/c16-10-5-3-9(4-6-10)13(15(17,18)19)21-14(25)20-8-12-23-22-11-2-1-7-24(11)12/h3-6,13H,1-2,7-8H2,(H2,20,21,25)/t13-/m0/s1. The fraction of sp³-hybridized carbons (Fsp3) is 0.400. The Morgan fingerprint density at radius 2 is 1.96 bits per heavy atom. The Morgan fingerprint density at radius 1 is 1.24 bits per heavy atom. The topological polar surface area (TPSA) is 71.8 Å². The van der Waals surface area contributed by atoms with E-state index in [1.165, 1.54) is 0 Å². The average molecular weight is 357 g/mol. The van der Waals surface area contributed by atoms with Gasteiger partial charge in [0.25, 0.3) is 0 Å². The maximum absolute atomic E-state index is 13.2. The Bertz CT molecular complexity index is 756. The van der Waals surface area contributed by atoms with Crippen molar-refractivity contribution in [3.63, 3.8) is 0 Å². The van der Waals surface area contributed by atoms with Gasteiger partial charge in [0.1, 0.15) is 11.6 Å². The molecular weight excluding hydrogens is 342 g/mol. The fourth-order valence-electron chi connectivity index (χ4n) is 2.69. The molecule has 2 aromatic rings. The quantitative estimate of drug-likeness (QED) is 0.826. The summed E-state index contributed by atoms with van der Waals surface area (Å²) >= 11 is 0. The molecule has 1 aliphatic rings. The molecule has 2 N–H and O–H groups in total. The Hall–Kier alpha value is -2.65. The maximum atomic E-state index is 13.2. The van der Waals surface area contributed by atoms with Gasteiger partial charge in [-0.15, -0.1) is 10.2 Å². The van der Waals surface area contributed by atoms with Crippen molar-refractivity contribution in [2.75, 3.05) is 0 Å². The number of carbonyl (C=O) groups is 1. The number of aryl methyl sites for hydroxylation is 1. The van der Waals surface area contributed by atoms with Crippen molar-refractivity contribution in [2.24, 2.45) is 0 Å². The molecule has 1 aromatic carbocycles. The number of nitrogens with zero attached hydrogens (tertiary/aromatic N) is 3. The number of nitrogens with one attached hydrogen (secondary N) is 2. The summed E-state index contributed by atoms with van der Waals surface area (Å²) in [6.45, 7) is 0.689. The summed E-state index contributed by atoms with van der Waals surface area (Å²) in [5.41, 5.74) is -0.257. The molecule has 0 saturated heterocycles. The predicted molar refractivity (Wildman–Crippen MR) is 78.9 cm³/mol. The van der Waals surface area contributed by atoms with Crippen molar-refractivity contribution in [3.05, 3.63) is 47.3 Å². The first-order chi connectivity index (χ1) is 11.8. The molecule has 6 nitrogen and oxygen atoms in total. The lowest BCUT2D eigenvalue weighted by molar-refractivity contribution is -0.154. The van der Waals surface area contributed by atoms with E-state index in [1.54, 1.807) is 0 Å². The molecule has 0 saturated carbocycles. The predicted octanol–water partition coefficient (Wildman–Crippen LogP) is 2.47. The van der Waals surface area contributed by atoms with E-state index in [0.717, 1.165) is 49.5 Å². The molecule has 0 bridgehead atoms. The third-order valence-electron chi connectivity index (χ3n) is 3.90. The smallest absolute Gasteiger partial charge is 0.331 e. The molecule has 1 aromatic heterocycles. The number of aromatic nitrogens is 3. The number of hydrogen-bond acceptors (Lipinski definition) is 3. The van der Waals surface area contributed by atoms with E-state index in [9.17, 15) is 22.4 Å². The Morgan fingerprint density at radius 3 is 2.64 bits per heavy atom. The molecule has 2 amide bonds. The molecule has 1 atom stereocenters. The van der Waals surface area contributed by atoms with Gasteiger partial charge in [0.05, 0.1) is 6.54 Å². The lowest BCUT2D eigenvalue weighted by Crippen LogP contribution is -2.43. The molecule has 1 aliphatic heterocycles. The van der Waals surface area contributed by atoms with Gasteiger partial charge in [0, 0.05) is 13.0 Å². The van der Waals surface area contributed by atoms with E-state index in [0.29, 0.717) is 5.82 Å². The molecule has 3 rings (SSSR count). The van der Waals surface area contributed by atoms with Crippen LogP contribution in [0.2, 0.25) is 0 Å². The third-order valence-corrected chi connectivity index (χ3v) is 3.90.